The van der Waals surface area contributed by atoms with E-state index in [9.17, 15) is 21.6 Å². The summed E-state index contributed by atoms with van der Waals surface area (Å²) in [5.41, 5.74) is 0.765. The van der Waals surface area contributed by atoms with Gasteiger partial charge in [-0.3, -0.25) is 4.90 Å². The number of rotatable bonds is 4. The Bertz CT molecular complexity index is 1070. The summed E-state index contributed by atoms with van der Waals surface area (Å²) in [6.07, 6.45) is -4.60. The molecule has 4 rings (SSSR count). The predicted octanol–water partition coefficient (Wildman–Crippen LogP) is 3.73. The van der Waals surface area contributed by atoms with Crippen molar-refractivity contribution in [1.82, 2.24) is 9.21 Å². The van der Waals surface area contributed by atoms with Gasteiger partial charge in [-0.25, -0.2) is 8.42 Å². The summed E-state index contributed by atoms with van der Waals surface area (Å²) in [6.45, 7) is 2.28. The summed E-state index contributed by atoms with van der Waals surface area (Å²) in [4.78, 5) is 1.70. The molecule has 0 bridgehead atoms. The molecule has 0 aliphatic carbocycles. The van der Waals surface area contributed by atoms with E-state index in [-0.39, 0.29) is 24.8 Å². The zero-order valence-corrected chi connectivity index (χ0v) is 17.9. The molecule has 2 aromatic rings. The van der Waals surface area contributed by atoms with Crippen molar-refractivity contribution in [3.05, 3.63) is 58.1 Å². The fourth-order valence-electron chi connectivity index (χ4n) is 3.72. The highest BCUT2D eigenvalue weighted by Crippen LogP contribution is 2.33. The molecular formula is C20H20ClF3N2O4S. The van der Waals surface area contributed by atoms with E-state index in [0.717, 1.165) is 29.0 Å². The maximum Gasteiger partial charge on any atom is 0.416 e. The number of piperazine rings is 1. The van der Waals surface area contributed by atoms with Crippen molar-refractivity contribution in [3.63, 3.8) is 0 Å². The van der Waals surface area contributed by atoms with Gasteiger partial charge in [0, 0.05) is 48.9 Å². The molecule has 2 heterocycles. The molecule has 0 atom stereocenters. The molecule has 31 heavy (non-hydrogen) atoms. The molecule has 1 saturated heterocycles. The first-order valence-electron chi connectivity index (χ1n) is 9.56. The third kappa shape index (κ3) is 4.83. The van der Waals surface area contributed by atoms with E-state index in [2.05, 4.69) is 4.90 Å². The second-order valence-corrected chi connectivity index (χ2v) is 9.74. The van der Waals surface area contributed by atoms with Crippen LogP contribution in [0.2, 0.25) is 5.02 Å². The third-order valence-corrected chi connectivity index (χ3v) is 7.39. The average molecular weight is 477 g/mol. The van der Waals surface area contributed by atoms with E-state index >= 15 is 0 Å². The van der Waals surface area contributed by atoms with E-state index < -0.39 is 21.8 Å². The number of alkyl halides is 3. The molecule has 0 unspecified atom stereocenters. The smallest absolute Gasteiger partial charge is 0.416 e. The Morgan fingerprint density at radius 1 is 1.06 bits per heavy atom. The molecule has 11 heteroatoms. The van der Waals surface area contributed by atoms with Gasteiger partial charge in [0.2, 0.25) is 10.0 Å². The number of nitrogens with zero attached hydrogens (tertiary/aromatic N) is 2. The number of sulfonamides is 1. The largest absolute Gasteiger partial charge is 0.467 e. The predicted molar refractivity (Wildman–Crippen MR) is 107 cm³/mol. The fourth-order valence-corrected chi connectivity index (χ4v) is 5.46. The van der Waals surface area contributed by atoms with Crippen LogP contribution in [0.4, 0.5) is 13.2 Å². The van der Waals surface area contributed by atoms with Crippen molar-refractivity contribution < 1.29 is 31.1 Å². The lowest BCUT2D eigenvalue weighted by atomic mass is 10.1. The third-order valence-electron chi connectivity index (χ3n) is 5.28. The first kappa shape index (κ1) is 22.3. The lowest BCUT2D eigenvalue weighted by Crippen LogP contribution is -2.48. The molecule has 0 N–H and O–H groups in total. The molecular weight excluding hydrogens is 457 g/mol. The number of fused-ring (bicyclic) bond motifs is 1. The molecule has 2 aromatic carbocycles. The van der Waals surface area contributed by atoms with Gasteiger partial charge in [0.1, 0.15) is 5.75 Å². The molecule has 1 fully saturated rings. The van der Waals surface area contributed by atoms with Gasteiger partial charge in [-0.1, -0.05) is 17.7 Å². The molecule has 0 amide bonds. The Labute approximate surface area is 183 Å². The van der Waals surface area contributed by atoms with Gasteiger partial charge >= 0.3 is 6.18 Å². The standard InChI is InChI=1S/C20H20ClF3N2O4S/c21-17-8-14(19-15(9-17)12-29-13-30-19)11-25-4-6-26(7-5-25)31(27,28)18-3-1-2-16(10-18)20(22,23)24/h1-3,8-10H,4-7,11-13H2. The highest BCUT2D eigenvalue weighted by atomic mass is 35.5. The van der Waals surface area contributed by atoms with E-state index in [1.807, 2.05) is 6.07 Å². The number of halogens is 4. The minimum atomic E-state index is -4.60. The number of ether oxygens (including phenoxy) is 2. The first-order valence-corrected chi connectivity index (χ1v) is 11.4. The van der Waals surface area contributed by atoms with Crippen LogP contribution in [0.25, 0.3) is 0 Å². The number of hydrogen-bond donors (Lipinski definition) is 0. The summed E-state index contributed by atoms with van der Waals surface area (Å²) >= 11 is 6.20. The monoisotopic (exact) mass is 476 g/mol. The van der Waals surface area contributed by atoms with Gasteiger partial charge in [-0.15, -0.1) is 0 Å². The van der Waals surface area contributed by atoms with Crippen LogP contribution < -0.4 is 4.74 Å². The molecule has 0 saturated carbocycles. The first-order chi connectivity index (χ1) is 14.6. The van der Waals surface area contributed by atoms with Crippen LogP contribution in [0.5, 0.6) is 5.75 Å². The van der Waals surface area contributed by atoms with Crippen molar-refractivity contribution in [2.75, 3.05) is 33.0 Å². The zero-order valence-electron chi connectivity index (χ0n) is 16.4. The van der Waals surface area contributed by atoms with Crippen molar-refractivity contribution >= 4 is 21.6 Å². The van der Waals surface area contributed by atoms with Gasteiger partial charge in [-0.2, -0.15) is 17.5 Å². The summed E-state index contributed by atoms with van der Waals surface area (Å²) in [6, 6.07) is 7.44. The number of benzene rings is 2. The minimum absolute atomic E-state index is 0.157. The Morgan fingerprint density at radius 2 is 1.81 bits per heavy atom. The van der Waals surface area contributed by atoms with E-state index in [0.29, 0.717) is 37.3 Å². The molecule has 2 aliphatic heterocycles. The molecule has 168 valence electrons. The normalized spacial score (nSPS) is 18.5. The molecule has 0 spiro atoms. The van der Waals surface area contributed by atoms with Crippen LogP contribution in [0.3, 0.4) is 0 Å². The maximum absolute atomic E-state index is 13.0. The highest BCUT2D eigenvalue weighted by molar-refractivity contribution is 7.89. The Morgan fingerprint density at radius 3 is 2.52 bits per heavy atom. The van der Waals surface area contributed by atoms with Gasteiger partial charge in [0.25, 0.3) is 0 Å². The summed E-state index contributed by atoms with van der Waals surface area (Å²) in [5.74, 6) is 0.731. The second-order valence-electron chi connectivity index (χ2n) is 7.37. The Hall–Kier alpha value is -1.85. The lowest BCUT2D eigenvalue weighted by molar-refractivity contribution is -0.137. The SMILES string of the molecule is O=S(=O)(c1cccc(C(F)(F)F)c1)N1CCN(Cc2cc(Cl)cc3c2OCOC3)CC1. The molecule has 2 aliphatic rings. The van der Waals surface area contributed by atoms with Crippen molar-refractivity contribution in [3.8, 4) is 5.75 Å². The van der Waals surface area contributed by atoms with Crippen LogP contribution in [0.15, 0.2) is 41.3 Å². The maximum atomic E-state index is 13.0. The molecule has 0 radical (unpaired) electrons. The Balaban J connectivity index is 1.45. The van der Waals surface area contributed by atoms with Crippen LogP contribution in [0.1, 0.15) is 16.7 Å². The fraction of sp³-hybridized carbons (Fsp3) is 0.400. The second kappa shape index (κ2) is 8.59. The van der Waals surface area contributed by atoms with Crippen molar-refractivity contribution in [2.45, 2.75) is 24.2 Å². The molecule has 6 nitrogen and oxygen atoms in total. The van der Waals surface area contributed by atoms with Gasteiger partial charge in [-0.05, 0) is 30.3 Å². The van der Waals surface area contributed by atoms with E-state index in [4.69, 9.17) is 21.1 Å². The Kier molecular flexibility index (Phi) is 6.19. The number of hydrogen-bond acceptors (Lipinski definition) is 5. The van der Waals surface area contributed by atoms with Gasteiger partial charge in [0.15, 0.2) is 6.79 Å². The summed E-state index contributed by atoms with van der Waals surface area (Å²) < 4.78 is 76.7. The topological polar surface area (TPSA) is 59.1 Å². The zero-order chi connectivity index (χ0) is 22.2. The molecule has 0 aromatic heterocycles. The quantitative estimate of drug-likeness (QED) is 0.673. The average Bonchev–Trinajstić information content (AvgIpc) is 2.73. The van der Waals surface area contributed by atoms with Gasteiger partial charge in [0.05, 0.1) is 17.1 Å². The van der Waals surface area contributed by atoms with Crippen molar-refractivity contribution in [2.24, 2.45) is 0 Å². The van der Waals surface area contributed by atoms with Crippen LogP contribution in [-0.2, 0) is 34.1 Å². The lowest BCUT2D eigenvalue weighted by Gasteiger charge is -2.34. The van der Waals surface area contributed by atoms with Crippen LogP contribution >= 0.6 is 11.6 Å². The van der Waals surface area contributed by atoms with Crippen LogP contribution in [-0.4, -0.2) is 50.6 Å². The van der Waals surface area contributed by atoms with E-state index in [1.165, 1.54) is 10.4 Å². The highest BCUT2D eigenvalue weighted by Gasteiger charge is 2.34. The van der Waals surface area contributed by atoms with Crippen LogP contribution in [0, 0.1) is 0 Å². The van der Waals surface area contributed by atoms with E-state index in [1.54, 1.807) is 6.07 Å². The summed E-state index contributed by atoms with van der Waals surface area (Å²) in [7, 11) is -4.02. The minimum Gasteiger partial charge on any atom is -0.467 e. The summed E-state index contributed by atoms with van der Waals surface area (Å²) in [5, 5.41) is 0.564. The van der Waals surface area contributed by atoms with Crippen molar-refractivity contribution in [1.29, 1.82) is 0 Å². The van der Waals surface area contributed by atoms with Gasteiger partial charge < -0.3 is 9.47 Å².